The second-order valence-corrected chi connectivity index (χ2v) is 3.77. The van der Waals surface area contributed by atoms with E-state index in [1.165, 1.54) is 6.33 Å². The molecule has 0 spiro atoms. The molecule has 0 aliphatic carbocycles. The molecule has 1 heterocycles. The van der Waals surface area contributed by atoms with Crippen LogP contribution in [0.2, 0.25) is 5.02 Å². The van der Waals surface area contributed by atoms with Gasteiger partial charge in [-0.25, -0.2) is 9.97 Å². The SMILES string of the molecule is Cc1c(Cl)cccc1Nc1ncncc1N. The number of nitrogens with zero attached hydrogens (tertiary/aromatic N) is 2. The van der Waals surface area contributed by atoms with E-state index < -0.39 is 0 Å². The number of benzene rings is 1. The number of halogens is 1. The smallest absolute Gasteiger partial charge is 0.157 e. The van der Waals surface area contributed by atoms with Crippen molar-refractivity contribution in [2.75, 3.05) is 11.1 Å². The van der Waals surface area contributed by atoms with E-state index in [2.05, 4.69) is 15.3 Å². The molecular formula is C11H11ClN4. The molecule has 0 radical (unpaired) electrons. The summed E-state index contributed by atoms with van der Waals surface area (Å²) >= 11 is 6.02. The molecule has 1 aromatic carbocycles. The predicted molar refractivity (Wildman–Crippen MR) is 65.9 cm³/mol. The van der Waals surface area contributed by atoms with Crippen molar-refractivity contribution in [2.24, 2.45) is 0 Å². The largest absolute Gasteiger partial charge is 0.394 e. The molecule has 82 valence electrons. The van der Waals surface area contributed by atoms with Gasteiger partial charge in [-0.05, 0) is 24.6 Å². The maximum atomic E-state index is 6.02. The van der Waals surface area contributed by atoms with Crippen molar-refractivity contribution < 1.29 is 0 Å². The number of nitrogens with two attached hydrogens (primary N) is 1. The van der Waals surface area contributed by atoms with Crippen LogP contribution < -0.4 is 11.1 Å². The third-order valence-corrected chi connectivity index (χ3v) is 2.67. The van der Waals surface area contributed by atoms with Crippen molar-refractivity contribution in [3.05, 3.63) is 41.3 Å². The molecule has 16 heavy (non-hydrogen) atoms. The molecule has 0 saturated carbocycles. The van der Waals surface area contributed by atoms with Crippen LogP contribution in [-0.2, 0) is 0 Å². The Morgan fingerprint density at radius 3 is 2.94 bits per heavy atom. The summed E-state index contributed by atoms with van der Waals surface area (Å²) in [7, 11) is 0. The first-order valence-electron chi connectivity index (χ1n) is 4.76. The van der Waals surface area contributed by atoms with Crippen molar-refractivity contribution in [2.45, 2.75) is 6.92 Å². The Balaban J connectivity index is 2.35. The fourth-order valence-corrected chi connectivity index (χ4v) is 1.49. The van der Waals surface area contributed by atoms with Crippen LogP contribution in [0.4, 0.5) is 17.2 Å². The summed E-state index contributed by atoms with van der Waals surface area (Å²) in [5.74, 6) is 0.584. The van der Waals surface area contributed by atoms with Crippen molar-refractivity contribution in [1.82, 2.24) is 9.97 Å². The van der Waals surface area contributed by atoms with Crippen molar-refractivity contribution >= 4 is 28.8 Å². The Bertz CT molecular complexity index is 513. The number of hydrogen-bond donors (Lipinski definition) is 2. The highest BCUT2D eigenvalue weighted by Gasteiger charge is 2.05. The standard InChI is InChI=1S/C11H11ClN4/c1-7-8(12)3-2-4-10(7)16-11-9(13)5-14-6-15-11/h2-6H,13H2,1H3,(H,14,15,16). The monoisotopic (exact) mass is 234 g/mol. The van der Waals surface area contributed by atoms with Gasteiger partial charge in [0.05, 0.1) is 11.9 Å². The number of hydrogen-bond acceptors (Lipinski definition) is 4. The van der Waals surface area contributed by atoms with Crippen LogP contribution in [0.3, 0.4) is 0 Å². The molecule has 0 saturated heterocycles. The van der Waals surface area contributed by atoms with Gasteiger partial charge in [0, 0.05) is 10.7 Å². The second kappa shape index (κ2) is 4.37. The highest BCUT2D eigenvalue weighted by molar-refractivity contribution is 6.31. The summed E-state index contributed by atoms with van der Waals surface area (Å²) in [5, 5.41) is 3.83. The summed E-state index contributed by atoms with van der Waals surface area (Å²) < 4.78 is 0. The highest BCUT2D eigenvalue weighted by atomic mass is 35.5. The minimum Gasteiger partial charge on any atom is -0.394 e. The van der Waals surface area contributed by atoms with Crippen LogP contribution in [0, 0.1) is 6.92 Å². The molecule has 0 amide bonds. The van der Waals surface area contributed by atoms with Gasteiger partial charge in [0.25, 0.3) is 0 Å². The maximum absolute atomic E-state index is 6.02. The van der Waals surface area contributed by atoms with E-state index >= 15 is 0 Å². The van der Waals surface area contributed by atoms with Crippen LogP contribution in [0.15, 0.2) is 30.7 Å². The van der Waals surface area contributed by atoms with Crippen LogP contribution in [0.5, 0.6) is 0 Å². The third-order valence-electron chi connectivity index (χ3n) is 2.26. The normalized spacial score (nSPS) is 10.1. The molecular weight excluding hydrogens is 224 g/mol. The van der Waals surface area contributed by atoms with Gasteiger partial charge in [-0.15, -0.1) is 0 Å². The Morgan fingerprint density at radius 1 is 1.38 bits per heavy atom. The highest BCUT2D eigenvalue weighted by Crippen LogP contribution is 2.26. The van der Waals surface area contributed by atoms with Gasteiger partial charge in [-0.3, -0.25) is 0 Å². The summed E-state index contributed by atoms with van der Waals surface area (Å²) in [6, 6.07) is 5.63. The Kier molecular flexibility index (Phi) is 2.92. The third kappa shape index (κ3) is 2.06. The van der Waals surface area contributed by atoms with Gasteiger partial charge in [0.1, 0.15) is 6.33 Å². The minimum absolute atomic E-state index is 0.502. The molecule has 5 heteroatoms. The van der Waals surface area contributed by atoms with E-state index in [0.717, 1.165) is 11.3 Å². The van der Waals surface area contributed by atoms with Gasteiger partial charge in [-0.2, -0.15) is 0 Å². The Morgan fingerprint density at radius 2 is 2.19 bits per heavy atom. The first-order valence-corrected chi connectivity index (χ1v) is 5.14. The van der Waals surface area contributed by atoms with E-state index in [1.54, 1.807) is 6.20 Å². The molecule has 4 nitrogen and oxygen atoms in total. The molecule has 1 aromatic heterocycles. The molecule has 3 N–H and O–H groups in total. The molecule has 2 aromatic rings. The minimum atomic E-state index is 0.502. The zero-order valence-corrected chi connectivity index (χ0v) is 9.49. The van der Waals surface area contributed by atoms with E-state index in [1.807, 2.05) is 25.1 Å². The maximum Gasteiger partial charge on any atom is 0.157 e. The zero-order valence-electron chi connectivity index (χ0n) is 8.74. The first kappa shape index (κ1) is 10.7. The molecule has 0 atom stereocenters. The summed E-state index contributed by atoms with van der Waals surface area (Å²) in [5.41, 5.74) is 8.09. The summed E-state index contributed by atoms with van der Waals surface area (Å²) in [6.45, 7) is 1.93. The average molecular weight is 235 g/mol. The fourth-order valence-electron chi connectivity index (χ4n) is 1.32. The quantitative estimate of drug-likeness (QED) is 0.839. The van der Waals surface area contributed by atoms with E-state index in [0.29, 0.717) is 16.5 Å². The van der Waals surface area contributed by atoms with Crippen LogP contribution in [-0.4, -0.2) is 9.97 Å². The lowest BCUT2D eigenvalue weighted by Crippen LogP contribution is -2.00. The van der Waals surface area contributed by atoms with Crippen molar-refractivity contribution in [1.29, 1.82) is 0 Å². The first-order chi connectivity index (χ1) is 7.68. The van der Waals surface area contributed by atoms with Crippen LogP contribution >= 0.6 is 11.6 Å². The molecule has 2 rings (SSSR count). The number of nitrogen functional groups attached to an aromatic ring is 1. The summed E-state index contributed by atoms with van der Waals surface area (Å²) in [6.07, 6.45) is 2.99. The molecule has 0 aliphatic rings. The fraction of sp³-hybridized carbons (Fsp3) is 0.0909. The lowest BCUT2D eigenvalue weighted by molar-refractivity contribution is 1.17. The topological polar surface area (TPSA) is 63.8 Å². The lowest BCUT2D eigenvalue weighted by atomic mass is 10.2. The van der Waals surface area contributed by atoms with Crippen LogP contribution in [0.25, 0.3) is 0 Å². The van der Waals surface area contributed by atoms with Gasteiger partial charge < -0.3 is 11.1 Å². The Hall–Kier alpha value is -1.81. The number of aromatic nitrogens is 2. The van der Waals surface area contributed by atoms with Gasteiger partial charge in [-0.1, -0.05) is 17.7 Å². The average Bonchev–Trinajstić information content (AvgIpc) is 2.28. The molecule has 0 fully saturated rings. The predicted octanol–water partition coefficient (Wildman–Crippen LogP) is 2.76. The number of nitrogens with one attached hydrogen (secondary N) is 1. The second-order valence-electron chi connectivity index (χ2n) is 3.36. The Labute approximate surface area is 98.5 Å². The van der Waals surface area contributed by atoms with Crippen molar-refractivity contribution in [3.8, 4) is 0 Å². The zero-order chi connectivity index (χ0) is 11.5. The van der Waals surface area contributed by atoms with Gasteiger partial charge in [0.15, 0.2) is 5.82 Å². The van der Waals surface area contributed by atoms with E-state index in [-0.39, 0.29) is 0 Å². The van der Waals surface area contributed by atoms with E-state index in [9.17, 15) is 0 Å². The van der Waals surface area contributed by atoms with Gasteiger partial charge in [0.2, 0.25) is 0 Å². The lowest BCUT2D eigenvalue weighted by Gasteiger charge is -2.10. The molecule has 0 aliphatic heterocycles. The van der Waals surface area contributed by atoms with Crippen LogP contribution in [0.1, 0.15) is 5.56 Å². The number of rotatable bonds is 2. The molecule has 0 bridgehead atoms. The molecule has 0 unspecified atom stereocenters. The van der Waals surface area contributed by atoms with E-state index in [4.69, 9.17) is 17.3 Å². The summed E-state index contributed by atoms with van der Waals surface area (Å²) in [4.78, 5) is 7.88. The van der Waals surface area contributed by atoms with Crippen molar-refractivity contribution in [3.63, 3.8) is 0 Å². The van der Waals surface area contributed by atoms with Gasteiger partial charge >= 0.3 is 0 Å². The number of anilines is 3.